The highest BCUT2D eigenvalue weighted by Crippen LogP contribution is 2.37. The van der Waals surface area contributed by atoms with Gasteiger partial charge in [-0.05, 0) is 50.3 Å². The predicted molar refractivity (Wildman–Crippen MR) is 98.4 cm³/mol. The summed E-state index contributed by atoms with van der Waals surface area (Å²) in [6.45, 7) is 5.50. The summed E-state index contributed by atoms with van der Waals surface area (Å²) in [5, 5.41) is 3.53. The van der Waals surface area contributed by atoms with Crippen LogP contribution in [0.15, 0.2) is 37.2 Å². The van der Waals surface area contributed by atoms with Gasteiger partial charge in [-0.25, -0.2) is 4.79 Å². The van der Waals surface area contributed by atoms with Gasteiger partial charge in [0.15, 0.2) is 6.10 Å². The number of nitrogens with zero attached hydrogens (tertiary/aromatic N) is 1. The van der Waals surface area contributed by atoms with Crippen LogP contribution < -0.4 is 5.32 Å². The number of aryl methyl sites for hydroxylation is 1. The average molecular weight is 358 g/mol. The van der Waals surface area contributed by atoms with Gasteiger partial charge in [0.25, 0.3) is 5.91 Å². The molecule has 3 rings (SSSR count). The Bertz CT molecular complexity index is 777. The summed E-state index contributed by atoms with van der Waals surface area (Å²) < 4.78 is 7.41. The second kappa shape index (κ2) is 7.70. The van der Waals surface area contributed by atoms with Gasteiger partial charge in [-0.2, -0.15) is 0 Å². The van der Waals surface area contributed by atoms with E-state index >= 15 is 0 Å². The molecule has 0 saturated heterocycles. The van der Waals surface area contributed by atoms with Crippen molar-refractivity contribution in [3.05, 3.63) is 53.2 Å². The minimum absolute atomic E-state index is 0.320. The van der Waals surface area contributed by atoms with Gasteiger partial charge in [0.05, 0.1) is 5.56 Å². The van der Waals surface area contributed by atoms with E-state index in [0.29, 0.717) is 12.1 Å². The number of amides is 1. The van der Waals surface area contributed by atoms with Gasteiger partial charge in [-0.15, -0.1) is 17.9 Å². The number of hydrogen-bond acceptors (Lipinski definition) is 4. The van der Waals surface area contributed by atoms with E-state index in [1.165, 1.54) is 4.88 Å². The lowest BCUT2D eigenvalue weighted by Gasteiger charge is -2.16. The van der Waals surface area contributed by atoms with Crippen LogP contribution in [0.25, 0.3) is 5.00 Å². The molecule has 0 radical (unpaired) electrons. The monoisotopic (exact) mass is 358 g/mol. The number of fused-ring (bicyclic) bond motifs is 1. The number of carbonyl (C=O) groups excluding carboxylic acids is 2. The molecule has 6 heteroatoms. The van der Waals surface area contributed by atoms with Gasteiger partial charge in [-0.3, -0.25) is 4.79 Å². The third-order valence-electron chi connectivity index (χ3n) is 4.27. The molecule has 0 fully saturated rings. The van der Waals surface area contributed by atoms with Crippen LogP contribution in [-0.4, -0.2) is 29.1 Å². The van der Waals surface area contributed by atoms with E-state index < -0.39 is 12.1 Å². The summed E-state index contributed by atoms with van der Waals surface area (Å²) in [6, 6.07) is 3.86. The number of thiophene rings is 1. The summed E-state index contributed by atoms with van der Waals surface area (Å²) in [5.41, 5.74) is 1.70. The van der Waals surface area contributed by atoms with Crippen LogP contribution >= 0.6 is 11.3 Å². The minimum atomic E-state index is -0.843. The molecule has 0 spiro atoms. The summed E-state index contributed by atoms with van der Waals surface area (Å²) in [5.74, 6) is -0.746. The predicted octanol–water partition coefficient (Wildman–Crippen LogP) is 3.27. The Balaban J connectivity index is 1.87. The fraction of sp³-hybridized carbons (Fsp3) is 0.368. The lowest BCUT2D eigenvalue weighted by molar-refractivity contribution is -0.128. The number of aromatic nitrogens is 1. The second-order valence-corrected chi connectivity index (χ2v) is 7.15. The maximum atomic E-state index is 12.9. The molecule has 0 bridgehead atoms. The molecule has 0 aromatic carbocycles. The highest BCUT2D eigenvalue weighted by atomic mass is 32.1. The van der Waals surface area contributed by atoms with E-state index in [0.717, 1.165) is 36.2 Å². The first-order chi connectivity index (χ1) is 12.1. The average Bonchev–Trinajstić information content (AvgIpc) is 3.26. The van der Waals surface area contributed by atoms with Crippen molar-refractivity contribution < 1.29 is 14.3 Å². The SMILES string of the molecule is C=CCNC(=O)C(C)OC(=O)c1c(-n2cccc2)sc2c1CCCC2. The molecule has 1 unspecified atom stereocenters. The lowest BCUT2D eigenvalue weighted by Crippen LogP contribution is -2.36. The van der Waals surface area contributed by atoms with Crippen LogP contribution in [0.3, 0.4) is 0 Å². The minimum Gasteiger partial charge on any atom is -0.449 e. The molecule has 132 valence electrons. The van der Waals surface area contributed by atoms with Crippen molar-refractivity contribution in [1.29, 1.82) is 0 Å². The van der Waals surface area contributed by atoms with Gasteiger partial charge >= 0.3 is 5.97 Å². The number of ether oxygens (including phenoxy) is 1. The first-order valence-corrected chi connectivity index (χ1v) is 9.31. The Morgan fingerprint density at radius 1 is 1.36 bits per heavy atom. The lowest BCUT2D eigenvalue weighted by atomic mass is 9.95. The second-order valence-electron chi connectivity index (χ2n) is 6.06. The Hall–Kier alpha value is -2.34. The van der Waals surface area contributed by atoms with E-state index in [4.69, 9.17) is 4.74 Å². The van der Waals surface area contributed by atoms with Gasteiger partial charge < -0.3 is 14.6 Å². The standard InChI is InChI=1S/C19H22N2O3S/c1-3-10-20-17(22)13(2)24-19(23)16-14-8-4-5-9-15(14)25-18(16)21-11-6-7-12-21/h3,6-7,11-13H,1,4-5,8-10H2,2H3,(H,20,22). The smallest absolute Gasteiger partial charge is 0.342 e. The maximum absolute atomic E-state index is 12.9. The summed E-state index contributed by atoms with van der Waals surface area (Å²) in [6.07, 6.45) is 8.70. The first-order valence-electron chi connectivity index (χ1n) is 8.49. The zero-order valence-electron chi connectivity index (χ0n) is 14.3. The van der Waals surface area contributed by atoms with E-state index in [-0.39, 0.29) is 5.91 Å². The van der Waals surface area contributed by atoms with Crippen molar-refractivity contribution in [1.82, 2.24) is 9.88 Å². The van der Waals surface area contributed by atoms with Gasteiger partial charge in [0, 0.05) is 23.8 Å². The topological polar surface area (TPSA) is 60.3 Å². The van der Waals surface area contributed by atoms with Crippen molar-refractivity contribution in [2.45, 2.75) is 38.7 Å². The zero-order valence-corrected chi connectivity index (χ0v) is 15.1. The molecule has 1 aliphatic carbocycles. The van der Waals surface area contributed by atoms with Crippen LogP contribution in [0.2, 0.25) is 0 Å². The number of nitrogens with one attached hydrogen (secondary N) is 1. The van der Waals surface area contributed by atoms with Crippen molar-refractivity contribution >= 4 is 23.2 Å². The van der Waals surface area contributed by atoms with Crippen molar-refractivity contribution in [3.63, 3.8) is 0 Å². The number of esters is 1. The van der Waals surface area contributed by atoms with Crippen molar-refractivity contribution in [2.24, 2.45) is 0 Å². The molecule has 1 amide bonds. The Kier molecular flexibility index (Phi) is 5.38. The highest BCUT2D eigenvalue weighted by molar-refractivity contribution is 7.15. The quantitative estimate of drug-likeness (QED) is 0.637. The third kappa shape index (κ3) is 3.69. The summed E-state index contributed by atoms with van der Waals surface area (Å²) >= 11 is 1.65. The molecule has 1 N–H and O–H groups in total. The molecular formula is C19H22N2O3S. The zero-order chi connectivity index (χ0) is 17.8. The fourth-order valence-corrected chi connectivity index (χ4v) is 4.35. The maximum Gasteiger partial charge on any atom is 0.342 e. The molecule has 25 heavy (non-hydrogen) atoms. The molecule has 1 aliphatic rings. The molecule has 2 aromatic rings. The van der Waals surface area contributed by atoms with Gasteiger partial charge in [0.1, 0.15) is 5.00 Å². The number of rotatable bonds is 6. The van der Waals surface area contributed by atoms with E-state index in [1.807, 2.05) is 29.1 Å². The Morgan fingerprint density at radius 3 is 2.80 bits per heavy atom. The Labute approximate surface area is 151 Å². The van der Waals surface area contributed by atoms with E-state index in [1.54, 1.807) is 24.3 Å². The normalized spacial score (nSPS) is 14.4. The summed E-state index contributed by atoms with van der Waals surface area (Å²) in [7, 11) is 0. The molecule has 2 heterocycles. The number of hydrogen-bond donors (Lipinski definition) is 1. The first kappa shape index (κ1) is 17.5. The molecule has 0 aliphatic heterocycles. The van der Waals surface area contributed by atoms with Crippen LogP contribution in [-0.2, 0) is 22.4 Å². The van der Waals surface area contributed by atoms with Crippen molar-refractivity contribution in [2.75, 3.05) is 6.54 Å². The third-order valence-corrected chi connectivity index (χ3v) is 5.57. The van der Waals surface area contributed by atoms with Crippen LogP contribution in [0, 0.1) is 0 Å². The van der Waals surface area contributed by atoms with Crippen LogP contribution in [0.1, 0.15) is 40.6 Å². The molecular weight excluding hydrogens is 336 g/mol. The van der Waals surface area contributed by atoms with E-state index in [2.05, 4.69) is 11.9 Å². The van der Waals surface area contributed by atoms with Crippen LogP contribution in [0.5, 0.6) is 0 Å². The van der Waals surface area contributed by atoms with Gasteiger partial charge in [-0.1, -0.05) is 6.08 Å². The fourth-order valence-electron chi connectivity index (χ4n) is 3.00. The largest absolute Gasteiger partial charge is 0.449 e. The van der Waals surface area contributed by atoms with Crippen LogP contribution in [0.4, 0.5) is 0 Å². The molecule has 5 nitrogen and oxygen atoms in total. The molecule has 0 saturated carbocycles. The number of carbonyl (C=O) groups is 2. The molecule has 1 atom stereocenters. The molecule has 2 aromatic heterocycles. The van der Waals surface area contributed by atoms with E-state index in [9.17, 15) is 9.59 Å². The highest BCUT2D eigenvalue weighted by Gasteiger charge is 2.29. The Morgan fingerprint density at radius 2 is 2.08 bits per heavy atom. The van der Waals surface area contributed by atoms with Gasteiger partial charge in [0.2, 0.25) is 0 Å². The summed E-state index contributed by atoms with van der Waals surface area (Å²) in [4.78, 5) is 26.1. The van der Waals surface area contributed by atoms with Crippen molar-refractivity contribution in [3.8, 4) is 5.00 Å².